The number of piperidine rings is 1. The van der Waals surface area contributed by atoms with Crippen molar-refractivity contribution in [2.24, 2.45) is 17.8 Å². The van der Waals surface area contributed by atoms with Gasteiger partial charge >= 0.3 is 6.09 Å². The SMILES string of the molecule is CC(C)(C)OC(=O)NCc1cccc(C2CCN(C(=O)c3cccc(NC(=O)C4CC5CCC4C(O)C5O)c3)CC2)c1. The van der Waals surface area contributed by atoms with Crippen LogP contribution < -0.4 is 10.6 Å². The van der Waals surface area contributed by atoms with Crippen molar-refractivity contribution >= 4 is 23.6 Å². The van der Waals surface area contributed by atoms with Gasteiger partial charge in [-0.1, -0.05) is 30.3 Å². The Morgan fingerprint density at radius 3 is 2.40 bits per heavy atom. The number of hydrogen-bond acceptors (Lipinski definition) is 6. The first kappa shape index (κ1) is 30.0. The fraction of sp³-hybridized carbons (Fsp3) is 0.545. The van der Waals surface area contributed by atoms with E-state index in [1.807, 2.05) is 37.8 Å². The molecular weight excluding hydrogens is 534 g/mol. The number of alkyl carbamates (subject to hydrolysis) is 1. The number of rotatable bonds is 6. The van der Waals surface area contributed by atoms with E-state index in [-0.39, 0.29) is 29.6 Å². The van der Waals surface area contributed by atoms with Gasteiger partial charge in [0.1, 0.15) is 5.60 Å². The summed E-state index contributed by atoms with van der Waals surface area (Å²) in [5, 5.41) is 26.4. The molecule has 0 aromatic heterocycles. The molecule has 0 spiro atoms. The summed E-state index contributed by atoms with van der Waals surface area (Å²) in [4.78, 5) is 40.3. The van der Waals surface area contributed by atoms with Gasteiger partial charge < -0.3 is 30.5 Å². The molecule has 4 fully saturated rings. The van der Waals surface area contributed by atoms with E-state index in [1.54, 1.807) is 24.3 Å². The van der Waals surface area contributed by atoms with Crippen molar-refractivity contribution in [1.29, 1.82) is 0 Å². The molecule has 1 heterocycles. The third-order valence-corrected chi connectivity index (χ3v) is 8.97. The number of amides is 3. The number of likely N-dealkylation sites (tertiary alicyclic amines) is 1. The standard InChI is InChI=1S/C33H43N3O6/c1-33(2,3)42-32(41)34-19-20-6-4-7-22(16-20)21-12-14-36(15-13-21)31(40)24-8-5-9-25(17-24)35-30(39)27-18-23-10-11-26(27)29(38)28(23)37/h4-9,16-17,21,23,26-29,37-38H,10-15,18-19H2,1-3H3,(H,34,41)(H,35,39). The first-order valence-electron chi connectivity index (χ1n) is 15.1. The van der Waals surface area contributed by atoms with E-state index < -0.39 is 23.9 Å². The Balaban J connectivity index is 1.14. The minimum absolute atomic E-state index is 0.0482. The number of anilines is 1. The molecule has 9 nitrogen and oxygen atoms in total. The molecule has 3 amide bonds. The van der Waals surface area contributed by atoms with Crippen LogP contribution in [0.3, 0.4) is 0 Å². The van der Waals surface area contributed by atoms with E-state index >= 15 is 0 Å². The molecular formula is C33H43N3O6. The average Bonchev–Trinajstić information content (AvgIpc) is 2.97. The van der Waals surface area contributed by atoms with Gasteiger partial charge in [-0.05, 0) is 100.0 Å². The maximum absolute atomic E-state index is 13.4. The van der Waals surface area contributed by atoms with Gasteiger partial charge in [0.2, 0.25) is 5.91 Å². The number of hydrogen-bond donors (Lipinski definition) is 4. The molecule has 42 heavy (non-hydrogen) atoms. The van der Waals surface area contributed by atoms with Gasteiger partial charge in [0.05, 0.1) is 12.2 Å². The van der Waals surface area contributed by atoms with Crippen molar-refractivity contribution in [3.8, 4) is 0 Å². The molecule has 0 radical (unpaired) electrons. The second-order valence-electron chi connectivity index (χ2n) is 13.1. The van der Waals surface area contributed by atoms with Gasteiger partial charge in [0, 0.05) is 36.8 Å². The van der Waals surface area contributed by atoms with Crippen molar-refractivity contribution in [2.75, 3.05) is 18.4 Å². The fourth-order valence-electron chi connectivity index (χ4n) is 6.79. The summed E-state index contributed by atoms with van der Waals surface area (Å²) in [7, 11) is 0. The molecule has 4 aliphatic rings. The predicted octanol–water partition coefficient (Wildman–Crippen LogP) is 4.44. The lowest BCUT2D eigenvalue weighted by Gasteiger charge is -2.47. The second-order valence-corrected chi connectivity index (χ2v) is 13.1. The molecule has 9 heteroatoms. The van der Waals surface area contributed by atoms with Gasteiger partial charge in [0.25, 0.3) is 5.91 Å². The van der Waals surface area contributed by atoms with Crippen molar-refractivity contribution in [3.63, 3.8) is 0 Å². The van der Waals surface area contributed by atoms with E-state index in [1.165, 1.54) is 5.56 Å². The van der Waals surface area contributed by atoms with Crippen LogP contribution in [0.4, 0.5) is 10.5 Å². The molecule has 6 rings (SSSR count). The molecule has 3 saturated carbocycles. The van der Waals surface area contributed by atoms with Crippen LogP contribution in [0.5, 0.6) is 0 Å². The third kappa shape index (κ3) is 6.95. The van der Waals surface area contributed by atoms with Crippen LogP contribution in [0.25, 0.3) is 0 Å². The van der Waals surface area contributed by atoms with E-state index in [0.717, 1.165) is 31.2 Å². The molecule has 2 aromatic rings. The van der Waals surface area contributed by atoms with Gasteiger partial charge in [-0.3, -0.25) is 9.59 Å². The first-order valence-corrected chi connectivity index (χ1v) is 15.1. The number of benzene rings is 2. The topological polar surface area (TPSA) is 128 Å². The molecule has 2 aromatic carbocycles. The number of fused-ring (bicyclic) bond motifs is 3. The van der Waals surface area contributed by atoms with Crippen molar-refractivity contribution in [3.05, 3.63) is 65.2 Å². The highest BCUT2D eigenvalue weighted by Gasteiger charge is 2.49. The Morgan fingerprint density at radius 2 is 1.69 bits per heavy atom. The minimum atomic E-state index is -0.861. The number of aliphatic hydroxyl groups is 2. The number of carbonyl (C=O) groups excluding carboxylic acids is 3. The van der Waals surface area contributed by atoms with Crippen molar-refractivity contribution < 1.29 is 29.3 Å². The zero-order valence-electron chi connectivity index (χ0n) is 24.7. The molecule has 2 bridgehead atoms. The molecule has 226 valence electrons. The van der Waals surface area contributed by atoms with E-state index in [4.69, 9.17) is 4.74 Å². The number of nitrogens with zero attached hydrogens (tertiary/aromatic N) is 1. The van der Waals surface area contributed by atoms with Gasteiger partial charge in [0.15, 0.2) is 0 Å². The highest BCUT2D eigenvalue weighted by molar-refractivity contribution is 5.98. The van der Waals surface area contributed by atoms with E-state index in [2.05, 4.69) is 22.8 Å². The molecule has 4 N–H and O–H groups in total. The highest BCUT2D eigenvalue weighted by Crippen LogP contribution is 2.45. The smallest absolute Gasteiger partial charge is 0.407 e. The van der Waals surface area contributed by atoms with Crippen LogP contribution >= 0.6 is 0 Å². The maximum Gasteiger partial charge on any atom is 0.407 e. The first-order chi connectivity index (χ1) is 20.0. The number of carbonyl (C=O) groups is 3. The Bertz CT molecular complexity index is 1300. The Kier molecular flexibility index (Phi) is 8.89. The number of ether oxygens (including phenoxy) is 1. The molecule has 1 saturated heterocycles. The van der Waals surface area contributed by atoms with Crippen LogP contribution in [0.15, 0.2) is 48.5 Å². The fourth-order valence-corrected chi connectivity index (χ4v) is 6.79. The summed E-state index contributed by atoms with van der Waals surface area (Å²) in [6.45, 7) is 7.15. The Morgan fingerprint density at radius 1 is 0.952 bits per heavy atom. The largest absolute Gasteiger partial charge is 0.444 e. The molecule has 5 unspecified atom stereocenters. The van der Waals surface area contributed by atoms with Gasteiger partial charge in [-0.15, -0.1) is 0 Å². The average molecular weight is 578 g/mol. The van der Waals surface area contributed by atoms with Crippen LogP contribution in [-0.4, -0.2) is 63.9 Å². The zero-order chi connectivity index (χ0) is 30.0. The maximum atomic E-state index is 13.4. The zero-order valence-corrected chi connectivity index (χ0v) is 24.7. The minimum Gasteiger partial charge on any atom is -0.444 e. The van der Waals surface area contributed by atoms with Crippen LogP contribution in [0.2, 0.25) is 0 Å². The summed E-state index contributed by atoms with van der Waals surface area (Å²) in [6.07, 6.45) is 1.78. The predicted molar refractivity (Wildman–Crippen MR) is 159 cm³/mol. The summed E-state index contributed by atoms with van der Waals surface area (Å²) in [6, 6.07) is 15.2. The lowest BCUT2D eigenvalue weighted by atomic mass is 9.61. The van der Waals surface area contributed by atoms with E-state index in [0.29, 0.717) is 43.2 Å². The number of nitrogens with one attached hydrogen (secondary N) is 2. The normalized spacial score (nSPS) is 26.0. The molecule has 5 atom stereocenters. The number of aliphatic hydroxyl groups excluding tert-OH is 2. The third-order valence-electron chi connectivity index (χ3n) is 8.97. The van der Waals surface area contributed by atoms with Gasteiger partial charge in [-0.25, -0.2) is 4.79 Å². The van der Waals surface area contributed by atoms with Crippen LogP contribution in [0.1, 0.15) is 80.3 Å². The monoisotopic (exact) mass is 577 g/mol. The van der Waals surface area contributed by atoms with E-state index in [9.17, 15) is 24.6 Å². The Hall–Kier alpha value is -3.43. The lowest BCUT2D eigenvalue weighted by molar-refractivity contribution is -0.150. The summed E-state index contributed by atoms with van der Waals surface area (Å²) in [5.74, 6) is -0.529. The highest BCUT2D eigenvalue weighted by atomic mass is 16.6. The van der Waals surface area contributed by atoms with Crippen LogP contribution in [-0.2, 0) is 16.1 Å². The summed E-state index contributed by atoms with van der Waals surface area (Å²) < 4.78 is 5.32. The second kappa shape index (κ2) is 12.4. The quantitative estimate of drug-likeness (QED) is 0.402. The summed E-state index contributed by atoms with van der Waals surface area (Å²) in [5.41, 5.74) is 2.75. The lowest BCUT2D eigenvalue weighted by Crippen LogP contribution is -2.54. The van der Waals surface area contributed by atoms with Crippen molar-refractivity contribution in [1.82, 2.24) is 10.2 Å². The van der Waals surface area contributed by atoms with Gasteiger partial charge in [-0.2, -0.15) is 0 Å². The summed E-state index contributed by atoms with van der Waals surface area (Å²) >= 11 is 0. The Labute approximate surface area is 247 Å². The molecule has 1 aliphatic heterocycles. The molecule has 3 aliphatic carbocycles. The van der Waals surface area contributed by atoms with Crippen molar-refractivity contribution in [2.45, 2.75) is 83.1 Å². The van der Waals surface area contributed by atoms with Crippen LogP contribution in [0, 0.1) is 17.8 Å².